The number of benzene rings is 1. The van der Waals surface area contributed by atoms with Gasteiger partial charge in [0.2, 0.25) is 5.91 Å². The van der Waals surface area contributed by atoms with Crippen molar-refractivity contribution < 1.29 is 14.4 Å². The Kier molecular flexibility index (Phi) is 7.11. The van der Waals surface area contributed by atoms with Crippen molar-refractivity contribution in [3.8, 4) is 0 Å². The largest absolute Gasteiger partial charge is 0.354 e. The highest BCUT2D eigenvalue weighted by Gasteiger charge is 2.08. The number of nitrogens with zero attached hydrogens (tertiary/aromatic N) is 1. The molecule has 0 spiro atoms. The number of aromatic nitrogens is 1. The summed E-state index contributed by atoms with van der Waals surface area (Å²) in [5.74, 6) is -0.635. The Hall–Kier alpha value is -2.93. The molecule has 26 heavy (non-hydrogen) atoms. The van der Waals surface area contributed by atoms with E-state index in [1.54, 1.807) is 37.3 Å². The van der Waals surface area contributed by atoms with Crippen LogP contribution in [0, 0.1) is 0 Å². The first-order valence-corrected chi connectivity index (χ1v) is 8.45. The number of anilines is 1. The summed E-state index contributed by atoms with van der Waals surface area (Å²) in [5.41, 5.74) is 1.39. The van der Waals surface area contributed by atoms with E-state index in [2.05, 4.69) is 20.9 Å². The molecule has 2 aromatic rings. The Morgan fingerprint density at radius 2 is 1.58 bits per heavy atom. The van der Waals surface area contributed by atoms with Gasteiger partial charge in [-0.1, -0.05) is 18.5 Å². The van der Waals surface area contributed by atoms with Crippen LogP contribution in [0.15, 0.2) is 42.6 Å². The van der Waals surface area contributed by atoms with Crippen molar-refractivity contribution >= 4 is 35.0 Å². The number of hydrogen-bond donors (Lipinski definition) is 3. The number of rotatable bonds is 7. The molecule has 0 saturated heterocycles. The Labute approximate surface area is 156 Å². The molecule has 0 aliphatic heterocycles. The van der Waals surface area contributed by atoms with Gasteiger partial charge in [0.15, 0.2) is 0 Å². The molecular formula is C18H19ClN4O3. The fourth-order valence-corrected chi connectivity index (χ4v) is 2.14. The van der Waals surface area contributed by atoms with Gasteiger partial charge in [-0.15, -0.1) is 0 Å². The van der Waals surface area contributed by atoms with E-state index in [9.17, 15) is 14.4 Å². The average Bonchev–Trinajstić information content (AvgIpc) is 2.65. The standard InChI is InChI=1S/C18H19ClN4O3/c1-2-16(24)20-9-10-21-17(25)12-3-6-14(7-4-12)23-18(26)13-5-8-15(19)22-11-13/h3-8,11H,2,9-10H2,1H3,(H,20,24)(H,21,25)(H,23,26). The lowest BCUT2D eigenvalue weighted by Crippen LogP contribution is -2.34. The first-order valence-electron chi connectivity index (χ1n) is 8.07. The molecular weight excluding hydrogens is 356 g/mol. The molecule has 0 aliphatic carbocycles. The van der Waals surface area contributed by atoms with E-state index in [1.165, 1.54) is 12.3 Å². The minimum Gasteiger partial charge on any atom is -0.354 e. The van der Waals surface area contributed by atoms with Gasteiger partial charge in [0, 0.05) is 37.0 Å². The molecule has 1 aromatic carbocycles. The molecule has 7 nitrogen and oxygen atoms in total. The van der Waals surface area contributed by atoms with Crippen LogP contribution in [0.5, 0.6) is 0 Å². The lowest BCUT2D eigenvalue weighted by Gasteiger charge is -2.08. The van der Waals surface area contributed by atoms with Crippen LogP contribution < -0.4 is 16.0 Å². The second kappa shape index (κ2) is 9.53. The molecule has 1 heterocycles. The topological polar surface area (TPSA) is 100 Å². The molecule has 2 rings (SSSR count). The van der Waals surface area contributed by atoms with Crippen LogP contribution in [0.1, 0.15) is 34.1 Å². The molecule has 0 radical (unpaired) electrons. The van der Waals surface area contributed by atoms with E-state index < -0.39 is 0 Å². The zero-order chi connectivity index (χ0) is 18.9. The van der Waals surface area contributed by atoms with Crippen LogP contribution >= 0.6 is 11.6 Å². The fourth-order valence-electron chi connectivity index (χ4n) is 2.02. The summed E-state index contributed by atoms with van der Waals surface area (Å²) in [6.07, 6.45) is 1.80. The zero-order valence-electron chi connectivity index (χ0n) is 14.2. The van der Waals surface area contributed by atoms with Crippen molar-refractivity contribution in [2.45, 2.75) is 13.3 Å². The number of carbonyl (C=O) groups excluding carboxylic acids is 3. The highest BCUT2D eigenvalue weighted by Crippen LogP contribution is 2.12. The van der Waals surface area contributed by atoms with Crippen molar-refractivity contribution in [2.24, 2.45) is 0 Å². The van der Waals surface area contributed by atoms with E-state index in [0.29, 0.717) is 41.5 Å². The van der Waals surface area contributed by atoms with Gasteiger partial charge in [0.25, 0.3) is 11.8 Å². The normalized spacial score (nSPS) is 10.1. The quantitative estimate of drug-likeness (QED) is 0.511. The Morgan fingerprint density at radius 1 is 0.923 bits per heavy atom. The smallest absolute Gasteiger partial charge is 0.257 e. The second-order valence-electron chi connectivity index (χ2n) is 5.36. The number of pyridine rings is 1. The Balaban J connectivity index is 1.85. The van der Waals surface area contributed by atoms with E-state index in [4.69, 9.17) is 11.6 Å². The number of carbonyl (C=O) groups is 3. The van der Waals surface area contributed by atoms with Crippen molar-refractivity contribution in [1.29, 1.82) is 0 Å². The maximum atomic E-state index is 12.1. The van der Waals surface area contributed by atoms with Crippen molar-refractivity contribution in [3.63, 3.8) is 0 Å². The summed E-state index contributed by atoms with van der Waals surface area (Å²) >= 11 is 5.69. The van der Waals surface area contributed by atoms with E-state index >= 15 is 0 Å². The molecule has 0 aliphatic rings. The summed E-state index contributed by atoms with van der Waals surface area (Å²) in [7, 11) is 0. The van der Waals surface area contributed by atoms with Crippen LogP contribution in [0.2, 0.25) is 5.15 Å². The van der Waals surface area contributed by atoms with Gasteiger partial charge in [-0.3, -0.25) is 14.4 Å². The molecule has 136 valence electrons. The van der Waals surface area contributed by atoms with Gasteiger partial charge >= 0.3 is 0 Å². The third-order valence-corrected chi connectivity index (χ3v) is 3.67. The molecule has 0 atom stereocenters. The van der Waals surface area contributed by atoms with Gasteiger partial charge in [0.1, 0.15) is 5.15 Å². The van der Waals surface area contributed by atoms with Crippen LogP contribution in [0.25, 0.3) is 0 Å². The molecule has 0 fully saturated rings. The third kappa shape index (κ3) is 5.86. The number of halogens is 1. The number of nitrogens with one attached hydrogen (secondary N) is 3. The number of hydrogen-bond acceptors (Lipinski definition) is 4. The number of amides is 3. The summed E-state index contributed by atoms with van der Waals surface area (Å²) in [6.45, 7) is 2.48. The molecule has 1 aromatic heterocycles. The fraction of sp³-hybridized carbons (Fsp3) is 0.222. The van der Waals surface area contributed by atoms with Crippen molar-refractivity contribution in [2.75, 3.05) is 18.4 Å². The zero-order valence-corrected chi connectivity index (χ0v) is 15.0. The van der Waals surface area contributed by atoms with Gasteiger partial charge in [-0.05, 0) is 36.4 Å². The highest BCUT2D eigenvalue weighted by molar-refractivity contribution is 6.29. The monoisotopic (exact) mass is 374 g/mol. The van der Waals surface area contributed by atoms with Gasteiger partial charge < -0.3 is 16.0 Å². The van der Waals surface area contributed by atoms with E-state index in [0.717, 1.165) is 0 Å². The lowest BCUT2D eigenvalue weighted by atomic mass is 10.2. The van der Waals surface area contributed by atoms with Gasteiger partial charge in [-0.25, -0.2) is 4.98 Å². The lowest BCUT2D eigenvalue weighted by molar-refractivity contribution is -0.120. The highest BCUT2D eigenvalue weighted by atomic mass is 35.5. The summed E-state index contributed by atoms with van der Waals surface area (Å²) in [5, 5.41) is 8.41. The van der Waals surface area contributed by atoms with Gasteiger partial charge in [-0.2, -0.15) is 0 Å². The Morgan fingerprint density at radius 3 is 2.19 bits per heavy atom. The maximum absolute atomic E-state index is 12.1. The van der Waals surface area contributed by atoms with Gasteiger partial charge in [0.05, 0.1) is 5.56 Å². The first-order chi connectivity index (χ1) is 12.5. The molecule has 0 saturated carbocycles. The first kappa shape index (κ1) is 19.4. The molecule has 8 heteroatoms. The van der Waals surface area contributed by atoms with Crippen molar-refractivity contribution in [3.05, 3.63) is 58.9 Å². The summed E-state index contributed by atoms with van der Waals surface area (Å²) in [6, 6.07) is 9.59. The van der Waals surface area contributed by atoms with Crippen LogP contribution in [-0.2, 0) is 4.79 Å². The SMILES string of the molecule is CCC(=O)NCCNC(=O)c1ccc(NC(=O)c2ccc(Cl)nc2)cc1. The van der Waals surface area contributed by atoms with Crippen LogP contribution in [0.4, 0.5) is 5.69 Å². The van der Waals surface area contributed by atoms with E-state index in [1.807, 2.05) is 0 Å². The molecule has 0 bridgehead atoms. The minimum atomic E-state index is -0.321. The summed E-state index contributed by atoms with van der Waals surface area (Å²) < 4.78 is 0. The predicted octanol–water partition coefficient (Wildman–Crippen LogP) is 2.24. The third-order valence-electron chi connectivity index (χ3n) is 3.45. The average molecular weight is 375 g/mol. The minimum absolute atomic E-state index is 0.0600. The van der Waals surface area contributed by atoms with Crippen LogP contribution in [0.3, 0.4) is 0 Å². The second-order valence-corrected chi connectivity index (χ2v) is 5.75. The maximum Gasteiger partial charge on any atom is 0.257 e. The Bertz CT molecular complexity index is 776. The van der Waals surface area contributed by atoms with Crippen LogP contribution in [-0.4, -0.2) is 35.8 Å². The van der Waals surface area contributed by atoms with Crippen molar-refractivity contribution in [1.82, 2.24) is 15.6 Å². The predicted molar refractivity (Wildman–Crippen MR) is 99.3 cm³/mol. The summed E-state index contributed by atoms with van der Waals surface area (Å²) in [4.78, 5) is 39.1. The van der Waals surface area contributed by atoms with E-state index in [-0.39, 0.29) is 17.7 Å². The molecule has 0 unspecified atom stereocenters. The molecule has 3 N–H and O–H groups in total. The molecule has 3 amide bonds.